The lowest BCUT2D eigenvalue weighted by Gasteiger charge is -2.26. The number of rotatable bonds is 4. The predicted molar refractivity (Wildman–Crippen MR) is 64.3 cm³/mol. The Morgan fingerprint density at radius 2 is 1.87 bits per heavy atom. The van der Waals surface area contributed by atoms with Gasteiger partial charge in [0.05, 0.1) is 0 Å². The lowest BCUT2D eigenvalue weighted by molar-refractivity contribution is -0.111. The summed E-state index contributed by atoms with van der Waals surface area (Å²) in [6.07, 6.45) is 4.94. The van der Waals surface area contributed by atoms with Gasteiger partial charge in [0, 0.05) is 18.2 Å². The van der Waals surface area contributed by atoms with Crippen LogP contribution >= 0.6 is 31.4 Å². The molecule has 1 atom stereocenters. The third-order valence-electron chi connectivity index (χ3n) is 2.77. The van der Waals surface area contributed by atoms with E-state index in [1.165, 1.54) is 0 Å². The van der Waals surface area contributed by atoms with Crippen molar-refractivity contribution in [3.63, 3.8) is 0 Å². The zero-order chi connectivity index (χ0) is 10.6. The number of carbonyl (C=O) groups is 1. The molecule has 0 radical (unpaired) electrons. The van der Waals surface area contributed by atoms with E-state index in [0.717, 1.165) is 32.1 Å². The molecule has 1 rings (SSSR count). The molecule has 0 saturated heterocycles. The summed E-state index contributed by atoms with van der Waals surface area (Å²) < 4.78 is 11.8. The Kier molecular flexibility index (Phi) is 7.10. The van der Waals surface area contributed by atoms with Gasteiger partial charge >= 0.3 is 0 Å². The van der Waals surface area contributed by atoms with Crippen molar-refractivity contribution in [3.05, 3.63) is 0 Å². The largest absolute Gasteiger partial charge is 0.344 e. The summed E-state index contributed by atoms with van der Waals surface area (Å²) in [5, 5.41) is -0.518. The third kappa shape index (κ3) is 5.35. The molecule has 90 valence electrons. The summed E-state index contributed by atoms with van der Waals surface area (Å²) >= 11 is 5.15. The van der Waals surface area contributed by atoms with Gasteiger partial charge in [0.1, 0.15) is 0 Å². The molecule has 0 heterocycles. The first-order chi connectivity index (χ1) is 6.52. The predicted octanol–water partition coefficient (Wildman–Crippen LogP) is 3.17. The van der Waals surface area contributed by atoms with Crippen LogP contribution in [0.5, 0.6) is 0 Å². The van der Waals surface area contributed by atoms with Gasteiger partial charge in [0.25, 0.3) is 0 Å². The fraction of sp³-hybridized carbons (Fsp3) is 0.889. The minimum Gasteiger partial charge on any atom is -0.344 e. The molecule has 15 heavy (non-hydrogen) atoms. The molecule has 0 aromatic carbocycles. The second-order valence-corrected chi connectivity index (χ2v) is 6.99. The molecule has 0 aromatic heterocycles. The van der Waals surface area contributed by atoms with Crippen LogP contribution in [0, 0.1) is 0 Å². The Balaban J connectivity index is 0.00000196. The van der Waals surface area contributed by atoms with E-state index in [9.17, 15) is 14.3 Å². The normalized spacial score (nSPS) is 21.5. The van der Waals surface area contributed by atoms with Crippen molar-refractivity contribution in [1.29, 1.82) is 0 Å². The van der Waals surface area contributed by atoms with Gasteiger partial charge in [0.15, 0.2) is 0 Å². The lowest BCUT2D eigenvalue weighted by atomic mass is 10.0. The van der Waals surface area contributed by atoms with E-state index in [4.69, 9.17) is 11.6 Å². The van der Waals surface area contributed by atoms with E-state index < -0.39 is 12.6 Å². The summed E-state index contributed by atoms with van der Waals surface area (Å²) in [5.74, 6) is 0. The summed E-state index contributed by atoms with van der Waals surface area (Å²) in [5.41, 5.74) is -0.0905. The molecule has 0 amide bonds. The topological polar surface area (TPSA) is 54.4 Å². The second kappa shape index (κ2) is 6.90. The molecular formula is C9H17Cl2O3P. The molecule has 6 heteroatoms. The monoisotopic (exact) mass is 274 g/mol. The molecule has 1 saturated carbocycles. The minimum absolute atomic E-state index is 0. The van der Waals surface area contributed by atoms with Crippen LogP contribution < -0.4 is 0 Å². The summed E-state index contributed by atoms with van der Waals surface area (Å²) in [4.78, 5) is 20.2. The maximum Gasteiger partial charge on any atom is 0.222 e. The van der Waals surface area contributed by atoms with Gasteiger partial charge in [-0.25, -0.2) is 0 Å². The van der Waals surface area contributed by atoms with Gasteiger partial charge in [-0.1, -0.05) is 19.3 Å². The van der Waals surface area contributed by atoms with E-state index in [-0.39, 0.29) is 30.6 Å². The van der Waals surface area contributed by atoms with Crippen LogP contribution in [0.25, 0.3) is 0 Å². The van der Waals surface area contributed by atoms with Crippen LogP contribution in [0.2, 0.25) is 0 Å². The van der Waals surface area contributed by atoms with Gasteiger partial charge in [-0.15, -0.1) is 12.4 Å². The molecule has 0 bridgehead atoms. The summed E-state index contributed by atoms with van der Waals surface area (Å²) in [7, 11) is -3.13. The van der Waals surface area contributed by atoms with Crippen LogP contribution in [0.3, 0.4) is 0 Å². The van der Waals surface area contributed by atoms with Crippen molar-refractivity contribution in [1.82, 2.24) is 0 Å². The van der Waals surface area contributed by atoms with Gasteiger partial charge < -0.3 is 4.89 Å². The number of halogens is 2. The first kappa shape index (κ1) is 15.4. The number of hydrogen-bond donors (Lipinski definition) is 1. The smallest absolute Gasteiger partial charge is 0.222 e. The van der Waals surface area contributed by atoms with Crippen molar-refractivity contribution in [2.75, 3.05) is 6.16 Å². The van der Waals surface area contributed by atoms with E-state index in [1.54, 1.807) is 0 Å². The number of hydrogen-bond acceptors (Lipinski definition) is 2. The van der Waals surface area contributed by atoms with Gasteiger partial charge in [0.2, 0.25) is 12.6 Å². The van der Waals surface area contributed by atoms with Crippen molar-refractivity contribution in [3.8, 4) is 0 Å². The summed E-state index contributed by atoms with van der Waals surface area (Å²) in [6.45, 7) is 0. The molecule has 0 aliphatic heterocycles. The molecule has 1 aliphatic rings. The minimum atomic E-state index is -3.13. The van der Waals surface area contributed by atoms with Gasteiger partial charge in [-0.2, -0.15) is 0 Å². The number of carbonyl (C=O) groups excluding carboxylic acids is 1. The Morgan fingerprint density at radius 3 is 2.33 bits per heavy atom. The van der Waals surface area contributed by atoms with Crippen LogP contribution in [0.4, 0.5) is 0 Å². The van der Waals surface area contributed by atoms with Crippen molar-refractivity contribution in [2.45, 2.75) is 44.2 Å². The molecule has 0 spiro atoms. The van der Waals surface area contributed by atoms with E-state index in [0.29, 0.717) is 0 Å². The maximum absolute atomic E-state index is 11.8. The molecular weight excluding hydrogens is 258 g/mol. The molecule has 1 fully saturated rings. The SMILES string of the molecule is Cl.O=C(Cl)CCP(=O)(O)C1CCCCC1. The average Bonchev–Trinajstić information content (AvgIpc) is 2.16. The van der Waals surface area contributed by atoms with E-state index >= 15 is 0 Å². The molecule has 1 N–H and O–H groups in total. The first-order valence-corrected chi connectivity index (χ1v) is 7.31. The average molecular weight is 275 g/mol. The van der Waals surface area contributed by atoms with Crippen molar-refractivity contribution >= 4 is 36.6 Å². The van der Waals surface area contributed by atoms with E-state index in [2.05, 4.69) is 0 Å². The van der Waals surface area contributed by atoms with Crippen LogP contribution in [-0.4, -0.2) is 22.0 Å². The van der Waals surface area contributed by atoms with Crippen LogP contribution in [-0.2, 0) is 9.36 Å². The Morgan fingerprint density at radius 1 is 1.33 bits per heavy atom. The highest BCUT2D eigenvalue weighted by molar-refractivity contribution is 7.58. The molecule has 1 unspecified atom stereocenters. The molecule has 1 aliphatic carbocycles. The highest BCUT2D eigenvalue weighted by Crippen LogP contribution is 2.52. The zero-order valence-electron chi connectivity index (χ0n) is 8.52. The Hall–Kier alpha value is 0.440. The fourth-order valence-electron chi connectivity index (χ4n) is 1.92. The standard InChI is InChI=1S/C9H16ClO3P.ClH/c10-9(11)6-7-14(12,13)8-4-2-1-3-5-8;/h8H,1-7H2,(H,12,13);1H. The van der Waals surface area contributed by atoms with E-state index in [1.807, 2.05) is 0 Å². The lowest BCUT2D eigenvalue weighted by Crippen LogP contribution is -2.15. The Bertz CT molecular complexity index is 252. The van der Waals surface area contributed by atoms with Crippen LogP contribution in [0.15, 0.2) is 0 Å². The summed E-state index contributed by atoms with van der Waals surface area (Å²) in [6, 6.07) is 0. The first-order valence-electron chi connectivity index (χ1n) is 5.02. The molecule has 3 nitrogen and oxygen atoms in total. The van der Waals surface area contributed by atoms with Crippen molar-refractivity contribution < 1.29 is 14.3 Å². The highest BCUT2D eigenvalue weighted by atomic mass is 35.5. The highest BCUT2D eigenvalue weighted by Gasteiger charge is 2.31. The second-order valence-electron chi connectivity index (χ2n) is 3.88. The van der Waals surface area contributed by atoms with Crippen molar-refractivity contribution in [2.24, 2.45) is 0 Å². The maximum atomic E-state index is 11.8. The Labute approximate surface area is 101 Å². The zero-order valence-corrected chi connectivity index (χ0v) is 11.0. The fourth-order valence-corrected chi connectivity index (χ4v) is 4.20. The quantitative estimate of drug-likeness (QED) is 0.633. The van der Waals surface area contributed by atoms with Gasteiger partial charge in [-0.05, 0) is 24.4 Å². The van der Waals surface area contributed by atoms with Gasteiger partial charge in [-0.3, -0.25) is 9.36 Å². The third-order valence-corrected chi connectivity index (χ3v) is 5.48. The van der Waals surface area contributed by atoms with Crippen LogP contribution in [0.1, 0.15) is 38.5 Å². The molecule has 0 aromatic rings.